The molecule has 9 heteroatoms. The van der Waals surface area contributed by atoms with Gasteiger partial charge in [-0.1, -0.05) is 0 Å². The highest BCUT2D eigenvalue weighted by molar-refractivity contribution is 14.1. The van der Waals surface area contributed by atoms with Crippen LogP contribution in [0.2, 0.25) is 0 Å². The van der Waals surface area contributed by atoms with Gasteiger partial charge in [0.2, 0.25) is 0 Å². The molecule has 1 aliphatic heterocycles. The summed E-state index contributed by atoms with van der Waals surface area (Å²) in [5.74, 6) is 0.0359. The van der Waals surface area contributed by atoms with Crippen LogP contribution in [0.4, 0.5) is 4.79 Å². The monoisotopic (exact) mass is 519 g/mol. The molecule has 1 aliphatic rings. The molecule has 0 aliphatic carbocycles. The molecule has 152 valence electrons. The van der Waals surface area contributed by atoms with Gasteiger partial charge >= 0.3 is 5.97 Å². The first-order chi connectivity index (χ1) is 13.2. The molecule has 0 bridgehead atoms. The smallest absolute Gasteiger partial charge is 0.328 e. The van der Waals surface area contributed by atoms with Gasteiger partial charge in [0, 0.05) is 0 Å². The van der Waals surface area contributed by atoms with Crippen LogP contribution >= 0.6 is 34.4 Å². The minimum absolute atomic E-state index is 0.0186. The molecule has 2 rings (SSSR count). The highest BCUT2D eigenvalue weighted by atomic mass is 127. The molecule has 0 N–H and O–H groups in total. The number of thioether (sulfide) groups is 1. The van der Waals surface area contributed by atoms with Crippen molar-refractivity contribution < 1.29 is 28.6 Å². The minimum atomic E-state index is -0.982. The number of esters is 1. The zero-order chi connectivity index (χ0) is 21.0. The Labute approximate surface area is 181 Å². The van der Waals surface area contributed by atoms with E-state index >= 15 is 0 Å². The van der Waals surface area contributed by atoms with Crippen LogP contribution in [-0.4, -0.2) is 47.9 Å². The van der Waals surface area contributed by atoms with E-state index in [1.807, 2.05) is 26.8 Å². The first kappa shape index (κ1) is 22.5. The molecule has 0 unspecified atom stereocenters. The lowest BCUT2D eigenvalue weighted by Crippen LogP contribution is -2.42. The number of imide groups is 1. The summed E-state index contributed by atoms with van der Waals surface area (Å²) in [6.07, 6.45) is 1.59. The van der Waals surface area contributed by atoms with Gasteiger partial charge in [-0.2, -0.15) is 0 Å². The third-order valence-corrected chi connectivity index (χ3v) is 5.42. The Morgan fingerprint density at radius 2 is 1.96 bits per heavy atom. The van der Waals surface area contributed by atoms with Crippen LogP contribution in [0.1, 0.15) is 33.3 Å². The van der Waals surface area contributed by atoms with Gasteiger partial charge in [-0.25, -0.2) is 4.79 Å². The number of halogens is 1. The molecule has 7 nitrogen and oxygen atoms in total. The standard InChI is InChI=1S/C19H22INO6S/c1-6-26-14-8-12(7-13(20)16(14)27-10(2)3)9-15-17(22)21(19(24)28-15)11(4)18(23)25-5/h7-11H,6H2,1-5H3/b15-9+/t11-/m1/s1. The lowest BCUT2D eigenvalue weighted by molar-refractivity contribution is -0.148. The van der Waals surface area contributed by atoms with Crippen molar-refractivity contribution in [1.82, 2.24) is 4.90 Å². The van der Waals surface area contributed by atoms with E-state index in [4.69, 9.17) is 9.47 Å². The van der Waals surface area contributed by atoms with Gasteiger partial charge in [0.05, 0.1) is 28.3 Å². The van der Waals surface area contributed by atoms with Crippen molar-refractivity contribution in [2.45, 2.75) is 39.8 Å². The average molecular weight is 519 g/mol. The van der Waals surface area contributed by atoms with E-state index in [1.165, 1.54) is 14.0 Å². The number of hydrogen-bond acceptors (Lipinski definition) is 7. The number of ether oxygens (including phenoxy) is 3. The minimum Gasteiger partial charge on any atom is -0.490 e. The number of carbonyl (C=O) groups excluding carboxylic acids is 3. The predicted molar refractivity (Wildman–Crippen MR) is 115 cm³/mol. The third kappa shape index (κ3) is 4.99. The maximum Gasteiger partial charge on any atom is 0.328 e. The molecule has 1 saturated heterocycles. The van der Waals surface area contributed by atoms with E-state index in [0.29, 0.717) is 23.7 Å². The summed E-state index contributed by atoms with van der Waals surface area (Å²) in [4.78, 5) is 37.7. The fraction of sp³-hybridized carbons (Fsp3) is 0.421. The molecule has 1 aromatic carbocycles. The van der Waals surface area contributed by atoms with Gasteiger partial charge in [0.15, 0.2) is 11.5 Å². The Balaban J connectivity index is 2.38. The first-order valence-electron chi connectivity index (χ1n) is 8.67. The zero-order valence-electron chi connectivity index (χ0n) is 16.3. The molecular weight excluding hydrogens is 497 g/mol. The highest BCUT2D eigenvalue weighted by Crippen LogP contribution is 2.38. The quantitative estimate of drug-likeness (QED) is 0.305. The number of rotatable bonds is 7. The molecule has 1 heterocycles. The summed E-state index contributed by atoms with van der Waals surface area (Å²) in [5.41, 5.74) is 0.695. The number of benzene rings is 1. The van der Waals surface area contributed by atoms with Gasteiger partial charge in [-0.05, 0) is 85.8 Å². The Morgan fingerprint density at radius 1 is 1.29 bits per heavy atom. The molecule has 2 amide bonds. The van der Waals surface area contributed by atoms with Crippen LogP contribution in [0, 0.1) is 3.57 Å². The predicted octanol–water partition coefficient (Wildman–Crippen LogP) is 4.07. The van der Waals surface area contributed by atoms with E-state index in [0.717, 1.165) is 20.2 Å². The maximum absolute atomic E-state index is 12.6. The zero-order valence-corrected chi connectivity index (χ0v) is 19.3. The second-order valence-electron chi connectivity index (χ2n) is 6.18. The number of nitrogens with zero attached hydrogens (tertiary/aromatic N) is 1. The summed E-state index contributed by atoms with van der Waals surface area (Å²) in [7, 11) is 1.21. The van der Waals surface area contributed by atoms with Crippen molar-refractivity contribution in [1.29, 1.82) is 0 Å². The topological polar surface area (TPSA) is 82.1 Å². The van der Waals surface area contributed by atoms with Crippen LogP contribution in [0.3, 0.4) is 0 Å². The van der Waals surface area contributed by atoms with E-state index in [9.17, 15) is 14.4 Å². The second-order valence-corrected chi connectivity index (χ2v) is 8.34. The largest absolute Gasteiger partial charge is 0.490 e. The first-order valence-corrected chi connectivity index (χ1v) is 10.6. The molecule has 0 spiro atoms. The molecule has 1 aromatic rings. The van der Waals surface area contributed by atoms with Crippen LogP contribution in [-0.2, 0) is 14.3 Å². The fourth-order valence-electron chi connectivity index (χ4n) is 2.53. The van der Waals surface area contributed by atoms with Gasteiger partial charge < -0.3 is 14.2 Å². The third-order valence-electron chi connectivity index (χ3n) is 3.74. The van der Waals surface area contributed by atoms with Crippen molar-refractivity contribution in [3.63, 3.8) is 0 Å². The normalized spacial score (nSPS) is 16.7. The van der Waals surface area contributed by atoms with Crippen molar-refractivity contribution in [2.24, 2.45) is 0 Å². The summed E-state index contributed by atoms with van der Waals surface area (Å²) in [5, 5.41) is -0.506. The lowest BCUT2D eigenvalue weighted by atomic mass is 10.1. The summed E-state index contributed by atoms with van der Waals surface area (Å²) >= 11 is 2.93. The highest BCUT2D eigenvalue weighted by Gasteiger charge is 2.41. The molecule has 28 heavy (non-hydrogen) atoms. The molecule has 0 radical (unpaired) electrons. The maximum atomic E-state index is 12.6. The average Bonchev–Trinajstić information content (AvgIpc) is 2.90. The Morgan fingerprint density at radius 3 is 2.54 bits per heavy atom. The van der Waals surface area contributed by atoms with Crippen molar-refractivity contribution in [3.8, 4) is 11.5 Å². The number of methoxy groups -OCH3 is 1. The fourth-order valence-corrected chi connectivity index (χ4v) is 4.19. The molecule has 0 aromatic heterocycles. The van der Waals surface area contributed by atoms with Crippen LogP contribution < -0.4 is 9.47 Å². The van der Waals surface area contributed by atoms with E-state index < -0.39 is 23.2 Å². The van der Waals surface area contributed by atoms with Gasteiger partial charge in [-0.15, -0.1) is 0 Å². The van der Waals surface area contributed by atoms with Crippen LogP contribution in [0.15, 0.2) is 17.0 Å². The number of hydrogen-bond donors (Lipinski definition) is 0. The number of amides is 2. The van der Waals surface area contributed by atoms with E-state index in [2.05, 4.69) is 27.3 Å². The van der Waals surface area contributed by atoms with Gasteiger partial charge in [0.1, 0.15) is 6.04 Å². The van der Waals surface area contributed by atoms with Crippen molar-refractivity contribution >= 4 is 57.5 Å². The van der Waals surface area contributed by atoms with Crippen molar-refractivity contribution in [3.05, 3.63) is 26.2 Å². The van der Waals surface area contributed by atoms with Crippen molar-refractivity contribution in [2.75, 3.05) is 13.7 Å². The Bertz CT molecular complexity index is 823. The summed E-state index contributed by atoms with van der Waals surface area (Å²) in [6.45, 7) is 7.65. The van der Waals surface area contributed by atoms with Gasteiger partial charge in [-0.3, -0.25) is 14.5 Å². The second kappa shape index (κ2) is 9.64. The van der Waals surface area contributed by atoms with Gasteiger partial charge in [0.25, 0.3) is 11.1 Å². The van der Waals surface area contributed by atoms with Crippen LogP contribution in [0.25, 0.3) is 6.08 Å². The summed E-state index contributed by atoms with van der Waals surface area (Å²) in [6, 6.07) is 2.63. The Hall–Kier alpha value is -1.75. The molecule has 1 atom stereocenters. The van der Waals surface area contributed by atoms with E-state index in [-0.39, 0.29) is 11.0 Å². The summed E-state index contributed by atoms with van der Waals surface area (Å²) < 4.78 is 17.0. The SMILES string of the molecule is CCOc1cc(/C=C2/SC(=O)N([C@H](C)C(=O)OC)C2=O)cc(I)c1OC(C)C. The molecular formula is C19H22INO6S. The molecule has 1 fully saturated rings. The van der Waals surface area contributed by atoms with E-state index in [1.54, 1.807) is 12.1 Å². The number of carbonyl (C=O) groups is 3. The Kier molecular flexibility index (Phi) is 7.76. The molecule has 0 saturated carbocycles. The van der Waals surface area contributed by atoms with Crippen LogP contribution in [0.5, 0.6) is 11.5 Å². The lowest BCUT2D eigenvalue weighted by Gasteiger charge is -2.18.